The number of carbonyl (C=O) groups excluding carboxylic acids is 1. The van der Waals surface area contributed by atoms with Gasteiger partial charge in [-0.05, 0) is 23.8 Å². The summed E-state index contributed by atoms with van der Waals surface area (Å²) in [5.74, 6) is 1.81. The van der Waals surface area contributed by atoms with Crippen LogP contribution in [-0.4, -0.2) is 27.9 Å². The molecule has 2 heterocycles. The molecule has 2 aromatic rings. The van der Waals surface area contributed by atoms with Crippen molar-refractivity contribution in [3.8, 4) is 11.5 Å². The van der Waals surface area contributed by atoms with Crippen molar-refractivity contribution in [2.24, 2.45) is 0 Å². The molecule has 7 nitrogen and oxygen atoms in total. The Morgan fingerprint density at radius 2 is 2.30 bits per heavy atom. The number of carbonyl (C=O) groups is 1. The minimum absolute atomic E-state index is 0.209. The predicted molar refractivity (Wildman–Crippen MR) is 69.8 cm³/mol. The fourth-order valence-electron chi connectivity index (χ4n) is 1.73. The Labute approximate surface area is 114 Å². The Bertz CT molecular complexity index is 637. The number of H-pyrrole nitrogens is 1. The van der Waals surface area contributed by atoms with Crippen molar-refractivity contribution in [3.05, 3.63) is 42.0 Å². The van der Waals surface area contributed by atoms with Gasteiger partial charge in [0.2, 0.25) is 12.7 Å². The van der Waals surface area contributed by atoms with Gasteiger partial charge in [-0.3, -0.25) is 9.89 Å². The maximum atomic E-state index is 11.6. The lowest BCUT2D eigenvalue weighted by Crippen LogP contribution is -2.20. The van der Waals surface area contributed by atoms with E-state index in [-0.39, 0.29) is 12.7 Å². The highest BCUT2D eigenvalue weighted by atomic mass is 16.7. The fourth-order valence-corrected chi connectivity index (χ4v) is 1.73. The van der Waals surface area contributed by atoms with E-state index in [2.05, 4.69) is 20.5 Å². The van der Waals surface area contributed by atoms with Crippen LogP contribution in [0.3, 0.4) is 0 Å². The first kappa shape index (κ1) is 12.2. The highest BCUT2D eigenvalue weighted by molar-refractivity contribution is 5.91. The highest BCUT2D eigenvalue weighted by Crippen LogP contribution is 2.32. The van der Waals surface area contributed by atoms with Gasteiger partial charge >= 0.3 is 0 Å². The second kappa shape index (κ2) is 5.43. The van der Waals surface area contributed by atoms with Gasteiger partial charge in [0.25, 0.3) is 0 Å². The maximum Gasteiger partial charge on any atom is 0.244 e. The number of ether oxygens (including phenoxy) is 2. The molecule has 0 bridgehead atoms. The zero-order valence-corrected chi connectivity index (χ0v) is 10.5. The molecule has 0 atom stereocenters. The molecule has 7 heteroatoms. The summed E-state index contributed by atoms with van der Waals surface area (Å²) in [6, 6.07) is 5.49. The molecule has 1 aromatic heterocycles. The van der Waals surface area contributed by atoms with Crippen LogP contribution >= 0.6 is 0 Å². The van der Waals surface area contributed by atoms with E-state index in [4.69, 9.17) is 9.47 Å². The van der Waals surface area contributed by atoms with Crippen LogP contribution < -0.4 is 14.8 Å². The third kappa shape index (κ3) is 2.77. The Balaban J connectivity index is 1.58. The van der Waals surface area contributed by atoms with Crippen molar-refractivity contribution in [3.63, 3.8) is 0 Å². The standard InChI is InChI=1S/C13H12N4O3/c18-13(14-6-12-15-7-16-17-12)4-2-9-1-3-10-11(5-9)20-8-19-10/h1-5,7H,6,8H2,(H,14,18)(H,15,16,17)/b4-2+. The number of nitrogens with one attached hydrogen (secondary N) is 2. The van der Waals surface area contributed by atoms with E-state index in [1.165, 1.54) is 12.4 Å². The van der Waals surface area contributed by atoms with Gasteiger partial charge in [0, 0.05) is 6.08 Å². The average molecular weight is 272 g/mol. The summed E-state index contributed by atoms with van der Waals surface area (Å²) in [4.78, 5) is 15.5. The molecular weight excluding hydrogens is 260 g/mol. The van der Waals surface area contributed by atoms with Crippen LogP contribution in [-0.2, 0) is 11.3 Å². The third-order valence-electron chi connectivity index (χ3n) is 2.72. The fraction of sp³-hybridized carbons (Fsp3) is 0.154. The van der Waals surface area contributed by atoms with Crippen molar-refractivity contribution in [1.82, 2.24) is 20.5 Å². The van der Waals surface area contributed by atoms with E-state index in [0.29, 0.717) is 18.1 Å². The zero-order valence-electron chi connectivity index (χ0n) is 10.5. The van der Waals surface area contributed by atoms with Crippen molar-refractivity contribution in [2.75, 3.05) is 6.79 Å². The number of amides is 1. The van der Waals surface area contributed by atoms with Gasteiger partial charge in [-0.15, -0.1) is 0 Å². The molecule has 0 aliphatic carbocycles. The second-order valence-corrected chi connectivity index (χ2v) is 4.10. The third-order valence-corrected chi connectivity index (χ3v) is 2.72. The number of aromatic amines is 1. The summed E-state index contributed by atoms with van der Waals surface area (Å²) in [7, 11) is 0. The molecule has 3 rings (SSSR count). The lowest BCUT2D eigenvalue weighted by molar-refractivity contribution is -0.116. The molecular formula is C13H12N4O3. The first-order valence-corrected chi connectivity index (χ1v) is 6.01. The Morgan fingerprint density at radius 3 is 3.15 bits per heavy atom. The van der Waals surface area contributed by atoms with Crippen molar-refractivity contribution < 1.29 is 14.3 Å². The molecule has 1 amide bonds. The van der Waals surface area contributed by atoms with E-state index < -0.39 is 0 Å². The van der Waals surface area contributed by atoms with E-state index in [1.54, 1.807) is 6.08 Å². The largest absolute Gasteiger partial charge is 0.454 e. The topological polar surface area (TPSA) is 89.1 Å². The molecule has 1 aliphatic heterocycles. The Hall–Kier alpha value is -2.83. The first-order chi connectivity index (χ1) is 9.81. The number of benzene rings is 1. The SMILES string of the molecule is O=C(/C=C/c1ccc2c(c1)OCO2)NCc1ncn[nH]1. The highest BCUT2D eigenvalue weighted by Gasteiger charge is 2.12. The molecule has 1 aliphatic rings. The molecule has 0 saturated heterocycles. The summed E-state index contributed by atoms with van der Waals surface area (Å²) < 4.78 is 10.5. The molecule has 0 unspecified atom stereocenters. The molecule has 102 valence electrons. The molecule has 2 N–H and O–H groups in total. The van der Waals surface area contributed by atoms with Gasteiger partial charge in [-0.1, -0.05) is 6.07 Å². The minimum Gasteiger partial charge on any atom is -0.454 e. The summed E-state index contributed by atoms with van der Waals surface area (Å²) in [5, 5.41) is 9.05. The number of aromatic nitrogens is 3. The maximum absolute atomic E-state index is 11.6. The lowest BCUT2D eigenvalue weighted by Gasteiger charge is -1.99. The average Bonchev–Trinajstić information content (AvgIpc) is 3.13. The molecule has 20 heavy (non-hydrogen) atoms. The zero-order chi connectivity index (χ0) is 13.8. The lowest BCUT2D eigenvalue weighted by atomic mass is 10.2. The summed E-state index contributed by atoms with van der Waals surface area (Å²) >= 11 is 0. The Morgan fingerprint density at radius 1 is 1.40 bits per heavy atom. The van der Waals surface area contributed by atoms with Gasteiger partial charge in [-0.25, -0.2) is 4.98 Å². The quantitative estimate of drug-likeness (QED) is 0.806. The first-order valence-electron chi connectivity index (χ1n) is 6.01. The summed E-state index contributed by atoms with van der Waals surface area (Å²) in [6.45, 7) is 0.546. The summed E-state index contributed by atoms with van der Waals surface area (Å²) in [6.07, 6.45) is 4.55. The van der Waals surface area contributed by atoms with Crippen LogP contribution in [0.15, 0.2) is 30.6 Å². The van der Waals surface area contributed by atoms with Crippen LogP contribution in [0.5, 0.6) is 11.5 Å². The molecule has 0 saturated carbocycles. The minimum atomic E-state index is -0.209. The smallest absolute Gasteiger partial charge is 0.244 e. The summed E-state index contributed by atoms with van der Waals surface area (Å²) in [5.41, 5.74) is 0.865. The van der Waals surface area contributed by atoms with Gasteiger partial charge in [0.05, 0.1) is 6.54 Å². The molecule has 0 fully saturated rings. The van der Waals surface area contributed by atoms with Gasteiger partial charge < -0.3 is 14.8 Å². The van der Waals surface area contributed by atoms with Crippen molar-refractivity contribution in [2.45, 2.75) is 6.54 Å². The molecule has 0 radical (unpaired) electrons. The monoisotopic (exact) mass is 272 g/mol. The van der Waals surface area contributed by atoms with E-state index >= 15 is 0 Å². The van der Waals surface area contributed by atoms with Gasteiger partial charge in [0.15, 0.2) is 11.5 Å². The van der Waals surface area contributed by atoms with E-state index in [1.807, 2.05) is 18.2 Å². The van der Waals surface area contributed by atoms with E-state index in [9.17, 15) is 4.79 Å². The molecule has 1 aromatic carbocycles. The predicted octanol–water partition coefficient (Wildman–Crippen LogP) is 0.863. The van der Waals surface area contributed by atoms with Crippen LogP contribution in [0.25, 0.3) is 6.08 Å². The van der Waals surface area contributed by atoms with Crippen LogP contribution in [0.2, 0.25) is 0 Å². The van der Waals surface area contributed by atoms with E-state index in [0.717, 1.165) is 11.3 Å². The number of hydrogen-bond acceptors (Lipinski definition) is 5. The number of fused-ring (bicyclic) bond motifs is 1. The normalized spacial score (nSPS) is 12.8. The second-order valence-electron chi connectivity index (χ2n) is 4.10. The van der Waals surface area contributed by atoms with Crippen LogP contribution in [0.4, 0.5) is 0 Å². The Kier molecular flexibility index (Phi) is 3.32. The number of rotatable bonds is 4. The van der Waals surface area contributed by atoms with Gasteiger partial charge in [0.1, 0.15) is 12.2 Å². The van der Waals surface area contributed by atoms with Gasteiger partial charge in [-0.2, -0.15) is 5.10 Å². The number of hydrogen-bond donors (Lipinski definition) is 2. The van der Waals surface area contributed by atoms with Crippen LogP contribution in [0.1, 0.15) is 11.4 Å². The van der Waals surface area contributed by atoms with Crippen molar-refractivity contribution in [1.29, 1.82) is 0 Å². The van der Waals surface area contributed by atoms with Crippen molar-refractivity contribution >= 4 is 12.0 Å². The van der Waals surface area contributed by atoms with Crippen LogP contribution in [0, 0.1) is 0 Å². The molecule has 0 spiro atoms. The number of nitrogens with zero attached hydrogens (tertiary/aromatic N) is 2.